The molecule has 0 saturated heterocycles. The Hall–Kier alpha value is -1.13. The monoisotopic (exact) mass is 321 g/mol. The van der Waals surface area contributed by atoms with Crippen molar-refractivity contribution < 1.29 is 35.3 Å². The van der Waals surface area contributed by atoms with E-state index in [-0.39, 0.29) is 12.3 Å². The minimum atomic E-state index is -6.35. The third-order valence-corrected chi connectivity index (χ3v) is 5.28. The predicted molar refractivity (Wildman–Crippen MR) is 55.8 cm³/mol. The van der Waals surface area contributed by atoms with Gasteiger partial charge in [0.15, 0.2) is 0 Å². The molecule has 3 unspecified atom stereocenters. The lowest BCUT2D eigenvalue weighted by molar-refractivity contribution is -0.712. The average Bonchev–Trinajstić information content (AvgIpc) is 2.88. The highest BCUT2D eigenvalue weighted by Gasteiger charge is 2.72. The van der Waals surface area contributed by atoms with Gasteiger partial charge in [-0.3, -0.25) is 0 Å². The lowest BCUT2D eigenvalue weighted by atomic mass is 9.84. The van der Waals surface area contributed by atoms with Crippen molar-refractivity contribution in [2.24, 2.45) is 17.8 Å². The summed E-state index contributed by atoms with van der Waals surface area (Å²) in [6, 6.07) is 0. The number of fused-ring (bicyclic) bond motifs is 2. The van der Waals surface area contributed by atoms with Crippen LogP contribution < -0.4 is 0 Å². The maximum Gasteiger partial charge on any atom is 0.431 e. The molecule has 0 spiro atoms. The van der Waals surface area contributed by atoms with Gasteiger partial charge in [0.2, 0.25) is 0 Å². The van der Waals surface area contributed by atoms with Gasteiger partial charge in [-0.2, -0.15) is 30.3 Å². The first-order chi connectivity index (χ1) is 8.99. The number of rotatable bonds is 5. The molecule has 0 radical (unpaired) electrons. The van der Waals surface area contributed by atoms with Gasteiger partial charge in [0, 0.05) is 5.92 Å². The first-order valence-electron chi connectivity index (χ1n) is 5.83. The smallest absolute Gasteiger partial charge is 0.198 e. The van der Waals surface area contributed by atoms with Crippen molar-refractivity contribution in [3.8, 4) is 0 Å². The highest BCUT2D eigenvalue weighted by Crippen LogP contribution is 2.58. The van der Waals surface area contributed by atoms with Crippen LogP contribution >= 0.6 is 0 Å². The van der Waals surface area contributed by atoms with Gasteiger partial charge in [0.05, 0.1) is 0 Å². The quantitative estimate of drug-likeness (QED) is 0.440. The standard InChI is InChI=1S/C9H11F4NO5S/c10-8(11,7-4-5-1-2-6(7)3-5)9(12,13)20(17,18)19-14(15)16/h5-7H,1-4H2. The Bertz CT molecular complexity index is 522. The summed E-state index contributed by atoms with van der Waals surface area (Å²) in [6.45, 7) is 0. The molecule has 0 heterocycles. The van der Waals surface area contributed by atoms with Gasteiger partial charge in [-0.25, -0.2) is 0 Å². The molecule has 2 aliphatic rings. The highest BCUT2D eigenvalue weighted by molar-refractivity contribution is 7.87. The van der Waals surface area contributed by atoms with Crippen molar-refractivity contribution in [3.63, 3.8) is 0 Å². The van der Waals surface area contributed by atoms with Crippen molar-refractivity contribution in [2.75, 3.05) is 0 Å². The topological polar surface area (TPSA) is 86.5 Å². The third-order valence-electron chi connectivity index (χ3n) is 4.06. The van der Waals surface area contributed by atoms with E-state index < -0.39 is 38.2 Å². The molecular weight excluding hydrogens is 310 g/mol. The van der Waals surface area contributed by atoms with Crippen LogP contribution in [0.2, 0.25) is 0 Å². The van der Waals surface area contributed by atoms with Crippen molar-refractivity contribution in [1.29, 1.82) is 0 Å². The molecule has 0 aromatic heterocycles. The number of hydrogen-bond acceptors (Lipinski definition) is 5. The highest BCUT2D eigenvalue weighted by atomic mass is 32.2. The van der Waals surface area contributed by atoms with E-state index in [9.17, 15) is 36.1 Å². The van der Waals surface area contributed by atoms with E-state index in [0.29, 0.717) is 19.3 Å². The molecule has 0 aliphatic heterocycles. The number of nitrogens with zero attached hydrogens (tertiary/aromatic N) is 1. The molecule has 2 saturated carbocycles. The van der Waals surface area contributed by atoms with Crippen molar-refractivity contribution in [3.05, 3.63) is 10.1 Å². The van der Waals surface area contributed by atoms with E-state index >= 15 is 0 Å². The van der Waals surface area contributed by atoms with Crippen LogP contribution in [0, 0.1) is 27.9 Å². The molecule has 11 heteroatoms. The van der Waals surface area contributed by atoms with E-state index in [1.54, 1.807) is 0 Å². The largest absolute Gasteiger partial charge is 0.431 e. The number of alkyl halides is 4. The Balaban J connectivity index is 2.29. The van der Waals surface area contributed by atoms with Crippen LogP contribution in [-0.2, 0) is 14.4 Å². The van der Waals surface area contributed by atoms with Gasteiger partial charge in [-0.15, -0.1) is 10.1 Å². The molecule has 2 rings (SSSR count). The van der Waals surface area contributed by atoms with Gasteiger partial charge < -0.3 is 0 Å². The predicted octanol–water partition coefficient (Wildman–Crippen LogP) is 2.19. The molecule has 2 bridgehead atoms. The van der Waals surface area contributed by atoms with Gasteiger partial charge >= 0.3 is 26.4 Å². The first kappa shape index (κ1) is 15.3. The van der Waals surface area contributed by atoms with E-state index in [1.807, 2.05) is 0 Å². The Labute approximate surface area is 111 Å². The minimum Gasteiger partial charge on any atom is -0.198 e. The normalized spacial score (nSPS) is 30.5. The molecular formula is C9H11F4NO5S. The fraction of sp³-hybridized carbons (Fsp3) is 1.00. The van der Waals surface area contributed by atoms with Crippen LogP contribution in [0.15, 0.2) is 0 Å². The molecule has 0 aromatic rings. The number of halogens is 4. The molecule has 116 valence electrons. The summed E-state index contributed by atoms with van der Waals surface area (Å²) in [7, 11) is -6.35. The Morgan fingerprint density at radius 3 is 2.15 bits per heavy atom. The molecule has 0 N–H and O–H groups in total. The summed E-state index contributed by atoms with van der Waals surface area (Å²) in [5.41, 5.74) is 0. The lowest BCUT2D eigenvalue weighted by Crippen LogP contribution is -2.53. The Morgan fingerprint density at radius 2 is 1.75 bits per heavy atom. The lowest BCUT2D eigenvalue weighted by Gasteiger charge is -2.34. The SMILES string of the molecule is O=[N+]([O-])OS(=O)(=O)C(F)(F)C(F)(F)C1CC2CCC1C2. The minimum absolute atomic E-state index is 0.120. The first-order valence-corrected chi connectivity index (χ1v) is 7.24. The van der Waals surface area contributed by atoms with Crippen molar-refractivity contribution in [2.45, 2.75) is 36.9 Å². The summed E-state index contributed by atoms with van der Waals surface area (Å²) in [5, 5.41) is 2.19. The number of hydrogen-bond donors (Lipinski definition) is 0. The maximum atomic E-state index is 13.9. The summed E-state index contributed by atoms with van der Waals surface area (Å²) in [6.07, 6.45) is 1.13. The van der Waals surface area contributed by atoms with Crippen LogP contribution in [-0.4, -0.2) is 24.7 Å². The fourth-order valence-electron chi connectivity index (χ4n) is 3.20. The van der Waals surface area contributed by atoms with Crippen LogP contribution in [0.1, 0.15) is 25.7 Å². The molecule has 3 atom stereocenters. The third kappa shape index (κ3) is 2.11. The summed E-state index contributed by atoms with van der Waals surface area (Å²) < 4.78 is 79.6. The molecule has 0 aromatic carbocycles. The fourth-order valence-corrected chi connectivity index (χ4v) is 3.94. The Kier molecular flexibility index (Phi) is 3.38. The van der Waals surface area contributed by atoms with Gasteiger partial charge in [-0.05, 0) is 31.1 Å². The Morgan fingerprint density at radius 1 is 1.15 bits per heavy atom. The molecule has 2 fully saturated rings. The second-order valence-corrected chi connectivity index (χ2v) is 6.74. The zero-order chi connectivity index (χ0) is 15.3. The van der Waals surface area contributed by atoms with E-state index in [2.05, 4.69) is 4.28 Å². The van der Waals surface area contributed by atoms with E-state index in [0.717, 1.165) is 0 Å². The van der Waals surface area contributed by atoms with Crippen LogP contribution in [0.3, 0.4) is 0 Å². The average molecular weight is 321 g/mol. The second kappa shape index (κ2) is 4.43. The molecule has 6 nitrogen and oxygen atoms in total. The van der Waals surface area contributed by atoms with E-state index in [1.165, 1.54) is 0 Å². The van der Waals surface area contributed by atoms with Crippen LogP contribution in [0.25, 0.3) is 0 Å². The zero-order valence-corrected chi connectivity index (χ0v) is 10.8. The van der Waals surface area contributed by atoms with Crippen molar-refractivity contribution >= 4 is 10.1 Å². The van der Waals surface area contributed by atoms with Crippen LogP contribution in [0.4, 0.5) is 17.6 Å². The summed E-state index contributed by atoms with van der Waals surface area (Å²) >= 11 is 0. The molecule has 20 heavy (non-hydrogen) atoms. The zero-order valence-electron chi connectivity index (χ0n) is 9.97. The van der Waals surface area contributed by atoms with Gasteiger partial charge in [0.25, 0.3) is 0 Å². The molecule has 2 aliphatic carbocycles. The second-order valence-electron chi connectivity index (χ2n) is 5.17. The maximum absolute atomic E-state index is 13.9. The van der Waals surface area contributed by atoms with Gasteiger partial charge in [0.1, 0.15) is 0 Å². The van der Waals surface area contributed by atoms with Crippen LogP contribution in [0.5, 0.6) is 0 Å². The molecule has 0 amide bonds. The summed E-state index contributed by atoms with van der Waals surface area (Å²) in [5.74, 6) is -7.51. The van der Waals surface area contributed by atoms with Crippen molar-refractivity contribution in [1.82, 2.24) is 0 Å². The van der Waals surface area contributed by atoms with E-state index in [4.69, 9.17) is 0 Å². The summed E-state index contributed by atoms with van der Waals surface area (Å²) in [4.78, 5) is 9.86. The van der Waals surface area contributed by atoms with Gasteiger partial charge in [-0.1, -0.05) is 6.42 Å².